The highest BCUT2D eigenvalue weighted by atomic mass is 31.2. The van der Waals surface area contributed by atoms with Crippen molar-refractivity contribution in [2.75, 3.05) is 21.3 Å². The van der Waals surface area contributed by atoms with E-state index in [1.54, 1.807) is 12.2 Å². The van der Waals surface area contributed by atoms with Gasteiger partial charge in [0.2, 0.25) is 0 Å². The molecular formula is C14H23O8P. The molecule has 1 rings (SSSR count). The van der Waals surface area contributed by atoms with E-state index in [1.165, 1.54) is 21.3 Å². The average Bonchev–Trinajstić information content (AvgIpc) is 2.56. The fourth-order valence-electron chi connectivity index (χ4n) is 2.10. The fraction of sp³-hybridized carbons (Fsp3) is 0.714. The minimum absolute atomic E-state index is 0.0914. The van der Waals surface area contributed by atoms with Gasteiger partial charge in [-0.2, -0.15) is 0 Å². The van der Waals surface area contributed by atoms with Gasteiger partial charge in [0.15, 0.2) is 5.92 Å². The average molecular weight is 350 g/mol. The van der Waals surface area contributed by atoms with Crippen molar-refractivity contribution >= 4 is 19.8 Å². The van der Waals surface area contributed by atoms with Crippen LogP contribution >= 0.6 is 7.82 Å². The first-order valence-electron chi connectivity index (χ1n) is 7.24. The number of allylic oxidation sites excluding steroid dienone is 1. The van der Waals surface area contributed by atoms with Crippen LogP contribution in [0.15, 0.2) is 12.2 Å². The molecule has 0 aromatic rings. The largest absolute Gasteiger partial charge is 0.475 e. The molecule has 8 nitrogen and oxygen atoms in total. The molecule has 0 bridgehead atoms. The second-order valence-electron chi connectivity index (χ2n) is 4.91. The number of ether oxygens (including phenoxy) is 2. The number of esters is 2. The van der Waals surface area contributed by atoms with Gasteiger partial charge in [0, 0.05) is 13.5 Å². The zero-order valence-corrected chi connectivity index (χ0v) is 14.6. The molecule has 0 saturated carbocycles. The Morgan fingerprint density at radius 2 is 1.83 bits per heavy atom. The predicted molar refractivity (Wildman–Crippen MR) is 80.5 cm³/mol. The van der Waals surface area contributed by atoms with Gasteiger partial charge in [0.1, 0.15) is 0 Å². The van der Waals surface area contributed by atoms with Crippen molar-refractivity contribution in [1.29, 1.82) is 0 Å². The maximum absolute atomic E-state index is 12.1. The zero-order valence-electron chi connectivity index (χ0n) is 13.7. The summed E-state index contributed by atoms with van der Waals surface area (Å²) in [7, 11) is 0.0802. The monoisotopic (exact) mass is 350 g/mol. The lowest BCUT2D eigenvalue weighted by atomic mass is 10.0. The summed E-state index contributed by atoms with van der Waals surface area (Å²) in [6, 6.07) is 0. The number of carbonyl (C=O) groups is 2. The van der Waals surface area contributed by atoms with Crippen molar-refractivity contribution in [2.45, 2.75) is 38.4 Å². The van der Waals surface area contributed by atoms with Gasteiger partial charge in [0.25, 0.3) is 0 Å². The minimum Gasteiger partial charge on any atom is -0.468 e. The normalized spacial score (nSPS) is 28.0. The van der Waals surface area contributed by atoms with Crippen LogP contribution < -0.4 is 0 Å². The van der Waals surface area contributed by atoms with Crippen molar-refractivity contribution in [3.05, 3.63) is 12.2 Å². The van der Waals surface area contributed by atoms with E-state index in [9.17, 15) is 14.2 Å². The number of hydrogen-bond donors (Lipinski definition) is 0. The summed E-state index contributed by atoms with van der Waals surface area (Å²) in [5.74, 6) is -2.40. The molecule has 0 aliphatic carbocycles. The lowest BCUT2D eigenvalue weighted by Crippen LogP contribution is -2.28. The highest BCUT2D eigenvalue weighted by Gasteiger charge is 2.38. The molecule has 0 N–H and O–H groups in total. The van der Waals surface area contributed by atoms with Gasteiger partial charge >= 0.3 is 19.8 Å². The molecule has 0 spiro atoms. The maximum atomic E-state index is 12.1. The van der Waals surface area contributed by atoms with Crippen LogP contribution in [0.2, 0.25) is 0 Å². The van der Waals surface area contributed by atoms with Crippen molar-refractivity contribution in [3.63, 3.8) is 0 Å². The predicted octanol–water partition coefficient (Wildman–Crippen LogP) is 2.23. The molecule has 132 valence electrons. The Morgan fingerprint density at radius 1 is 1.22 bits per heavy atom. The van der Waals surface area contributed by atoms with Gasteiger partial charge < -0.3 is 9.47 Å². The van der Waals surface area contributed by atoms with Gasteiger partial charge in [-0.3, -0.25) is 23.2 Å². The SMILES string of the molecule is CC[C@H]1C[C@H](C=CCC(C(=O)OC)C(=O)OC)OP(=O)(OC)O1. The Morgan fingerprint density at radius 3 is 2.30 bits per heavy atom. The summed E-state index contributed by atoms with van der Waals surface area (Å²) in [6.45, 7) is 1.90. The molecule has 1 unspecified atom stereocenters. The Balaban J connectivity index is 2.72. The summed E-state index contributed by atoms with van der Waals surface area (Å²) in [4.78, 5) is 23.1. The molecule has 1 aliphatic rings. The molecule has 1 aliphatic heterocycles. The third-order valence-electron chi connectivity index (χ3n) is 3.41. The van der Waals surface area contributed by atoms with Crippen LogP contribution in [0.3, 0.4) is 0 Å². The summed E-state index contributed by atoms with van der Waals surface area (Å²) >= 11 is 0. The number of methoxy groups -OCH3 is 2. The Hall–Kier alpha value is -1.21. The zero-order chi connectivity index (χ0) is 17.5. The second kappa shape index (κ2) is 9.17. The Kier molecular flexibility index (Phi) is 7.91. The smallest absolute Gasteiger partial charge is 0.468 e. The van der Waals surface area contributed by atoms with E-state index in [2.05, 4.69) is 9.47 Å². The van der Waals surface area contributed by atoms with Crippen molar-refractivity contribution in [3.8, 4) is 0 Å². The lowest BCUT2D eigenvalue weighted by molar-refractivity contribution is -0.158. The van der Waals surface area contributed by atoms with Gasteiger partial charge in [-0.1, -0.05) is 19.1 Å². The van der Waals surface area contributed by atoms with E-state index in [0.29, 0.717) is 12.8 Å². The summed E-state index contributed by atoms with van der Waals surface area (Å²) in [5.41, 5.74) is 0. The number of phosphoric acid groups is 1. The topological polar surface area (TPSA) is 97.4 Å². The van der Waals surface area contributed by atoms with Crippen molar-refractivity contribution < 1.29 is 37.2 Å². The first-order chi connectivity index (χ1) is 10.9. The summed E-state index contributed by atoms with van der Waals surface area (Å²) in [5, 5.41) is 0. The molecule has 3 atom stereocenters. The standard InChI is InChI=1S/C14H23O8P/c1-5-10-9-11(22-23(17,20-4)21-10)7-6-8-12(13(15)18-2)14(16)19-3/h6-7,10-12H,5,8-9H2,1-4H3/t10-,11-,23?/m0/s1. The third-order valence-corrected chi connectivity index (χ3v) is 4.94. The first kappa shape index (κ1) is 19.8. The minimum atomic E-state index is -3.57. The molecular weight excluding hydrogens is 327 g/mol. The van der Waals surface area contributed by atoms with E-state index in [4.69, 9.17) is 13.6 Å². The molecule has 0 aromatic carbocycles. The Bertz CT molecular complexity index is 473. The van der Waals surface area contributed by atoms with E-state index >= 15 is 0 Å². The molecule has 0 amide bonds. The first-order valence-corrected chi connectivity index (χ1v) is 8.70. The van der Waals surface area contributed by atoms with E-state index in [1.807, 2.05) is 6.92 Å². The van der Waals surface area contributed by atoms with Crippen LogP contribution in [-0.2, 0) is 37.2 Å². The van der Waals surface area contributed by atoms with Crippen molar-refractivity contribution in [1.82, 2.24) is 0 Å². The number of carbonyl (C=O) groups excluding carboxylic acids is 2. The number of phosphoric ester groups is 1. The van der Waals surface area contributed by atoms with Gasteiger partial charge in [-0.15, -0.1) is 0 Å². The second-order valence-corrected chi connectivity index (χ2v) is 6.59. The molecule has 1 saturated heterocycles. The van der Waals surface area contributed by atoms with Crippen LogP contribution in [0.1, 0.15) is 26.2 Å². The van der Waals surface area contributed by atoms with Crippen LogP contribution in [0.4, 0.5) is 0 Å². The molecule has 23 heavy (non-hydrogen) atoms. The van der Waals surface area contributed by atoms with Crippen LogP contribution in [-0.4, -0.2) is 45.5 Å². The highest BCUT2D eigenvalue weighted by Crippen LogP contribution is 2.55. The third kappa shape index (κ3) is 5.73. The molecule has 1 fully saturated rings. The van der Waals surface area contributed by atoms with E-state index in [-0.39, 0.29) is 12.5 Å². The quantitative estimate of drug-likeness (QED) is 0.298. The van der Waals surface area contributed by atoms with E-state index in [0.717, 1.165) is 0 Å². The highest BCUT2D eigenvalue weighted by molar-refractivity contribution is 7.48. The Labute approximate surface area is 135 Å². The van der Waals surface area contributed by atoms with E-state index < -0.39 is 31.8 Å². The molecule has 9 heteroatoms. The van der Waals surface area contributed by atoms with Crippen LogP contribution in [0, 0.1) is 5.92 Å². The number of hydrogen-bond acceptors (Lipinski definition) is 8. The molecule has 0 aromatic heterocycles. The van der Waals surface area contributed by atoms with Crippen molar-refractivity contribution in [2.24, 2.45) is 5.92 Å². The summed E-state index contributed by atoms with van der Waals surface area (Å²) < 4.78 is 36.7. The lowest BCUT2D eigenvalue weighted by Gasteiger charge is -2.31. The van der Waals surface area contributed by atoms with Gasteiger partial charge in [0.05, 0.1) is 26.4 Å². The number of rotatable bonds is 7. The summed E-state index contributed by atoms with van der Waals surface area (Å²) in [6.07, 6.45) is 3.75. The maximum Gasteiger partial charge on any atom is 0.475 e. The fourth-order valence-corrected chi connectivity index (χ4v) is 3.41. The van der Waals surface area contributed by atoms with Gasteiger partial charge in [-0.25, -0.2) is 4.57 Å². The molecule has 1 heterocycles. The van der Waals surface area contributed by atoms with Crippen LogP contribution in [0.5, 0.6) is 0 Å². The van der Waals surface area contributed by atoms with Crippen LogP contribution in [0.25, 0.3) is 0 Å². The molecule has 0 radical (unpaired) electrons. The van der Waals surface area contributed by atoms with Gasteiger partial charge in [-0.05, 0) is 12.8 Å².